The van der Waals surface area contributed by atoms with Gasteiger partial charge in [-0.15, -0.1) is 0 Å². The van der Waals surface area contributed by atoms with E-state index < -0.39 is 18.6 Å². The van der Waals surface area contributed by atoms with Crippen LogP contribution in [0.15, 0.2) is 12.3 Å². The molecule has 0 aromatic carbocycles. The molecule has 0 radical (unpaired) electrons. The van der Waals surface area contributed by atoms with Gasteiger partial charge in [0, 0.05) is 19.8 Å². The van der Waals surface area contributed by atoms with E-state index in [1.807, 2.05) is 0 Å². The summed E-state index contributed by atoms with van der Waals surface area (Å²) < 4.78 is 36.1. The molecular formula is C10H10ClF3N2O2. The maximum Gasteiger partial charge on any atom is 0.390 e. The molecular weight excluding hydrogens is 273 g/mol. The van der Waals surface area contributed by atoms with Crippen LogP contribution in [-0.4, -0.2) is 35.8 Å². The van der Waals surface area contributed by atoms with Gasteiger partial charge in [0.2, 0.25) is 0 Å². The highest BCUT2D eigenvalue weighted by molar-refractivity contribution is 6.33. The standard InChI is InChI=1S/C10H10ClF3N2O2/c1-16(3-2-10(12,13)14)8-4-6(9(17)18)7(11)5-15-8/h4-5H,2-3H2,1H3,(H,17,18). The lowest BCUT2D eigenvalue weighted by Gasteiger charge is -2.19. The van der Waals surface area contributed by atoms with Crippen LogP contribution in [-0.2, 0) is 0 Å². The summed E-state index contributed by atoms with van der Waals surface area (Å²) in [6, 6.07) is 1.14. The van der Waals surface area contributed by atoms with Crippen molar-refractivity contribution in [3.8, 4) is 0 Å². The molecule has 8 heteroatoms. The van der Waals surface area contributed by atoms with Gasteiger partial charge in [-0.3, -0.25) is 0 Å². The highest BCUT2D eigenvalue weighted by Gasteiger charge is 2.27. The summed E-state index contributed by atoms with van der Waals surface area (Å²) in [4.78, 5) is 15.8. The van der Waals surface area contributed by atoms with E-state index in [9.17, 15) is 18.0 Å². The van der Waals surface area contributed by atoms with E-state index in [4.69, 9.17) is 16.7 Å². The normalized spacial score (nSPS) is 11.4. The number of alkyl halides is 3. The average molecular weight is 283 g/mol. The topological polar surface area (TPSA) is 53.4 Å². The number of pyridine rings is 1. The van der Waals surface area contributed by atoms with Gasteiger partial charge < -0.3 is 10.0 Å². The first-order valence-corrected chi connectivity index (χ1v) is 5.25. The highest BCUT2D eigenvalue weighted by Crippen LogP contribution is 2.23. The van der Waals surface area contributed by atoms with E-state index in [2.05, 4.69) is 4.98 Å². The second-order valence-electron chi connectivity index (χ2n) is 3.61. The predicted octanol–water partition coefficient (Wildman–Crippen LogP) is 2.82. The van der Waals surface area contributed by atoms with Gasteiger partial charge in [-0.25, -0.2) is 9.78 Å². The fraction of sp³-hybridized carbons (Fsp3) is 0.400. The van der Waals surface area contributed by atoms with Crippen LogP contribution >= 0.6 is 11.6 Å². The maximum absolute atomic E-state index is 12.0. The number of aromatic nitrogens is 1. The molecule has 1 aromatic heterocycles. The minimum absolute atomic E-state index is 0.0597. The monoisotopic (exact) mass is 282 g/mol. The molecule has 1 aromatic rings. The number of carboxylic acids is 1. The number of rotatable bonds is 4. The summed E-state index contributed by atoms with van der Waals surface area (Å²) in [5, 5.41) is 8.76. The third-order valence-corrected chi connectivity index (χ3v) is 2.49. The quantitative estimate of drug-likeness (QED) is 0.922. The molecule has 1 N–H and O–H groups in total. The Morgan fingerprint density at radius 2 is 2.17 bits per heavy atom. The van der Waals surface area contributed by atoms with Crippen LogP contribution in [0, 0.1) is 0 Å². The lowest BCUT2D eigenvalue weighted by molar-refractivity contribution is -0.132. The molecule has 1 heterocycles. The molecule has 0 saturated carbocycles. The van der Waals surface area contributed by atoms with Crippen LogP contribution in [0.1, 0.15) is 16.8 Å². The van der Waals surface area contributed by atoms with Crippen LogP contribution in [0.3, 0.4) is 0 Å². The number of anilines is 1. The van der Waals surface area contributed by atoms with E-state index in [-0.39, 0.29) is 22.9 Å². The molecule has 0 unspecified atom stereocenters. The van der Waals surface area contributed by atoms with Crippen molar-refractivity contribution in [1.82, 2.24) is 4.98 Å². The Morgan fingerprint density at radius 3 is 2.67 bits per heavy atom. The van der Waals surface area contributed by atoms with Gasteiger partial charge in [0.05, 0.1) is 17.0 Å². The first kappa shape index (κ1) is 14.6. The fourth-order valence-electron chi connectivity index (χ4n) is 1.21. The predicted molar refractivity (Wildman–Crippen MR) is 60.1 cm³/mol. The molecule has 0 bridgehead atoms. The van der Waals surface area contributed by atoms with Crippen molar-refractivity contribution in [2.45, 2.75) is 12.6 Å². The van der Waals surface area contributed by atoms with Crippen LogP contribution in [0.4, 0.5) is 19.0 Å². The number of nitrogens with zero attached hydrogens (tertiary/aromatic N) is 2. The Morgan fingerprint density at radius 1 is 1.56 bits per heavy atom. The third kappa shape index (κ3) is 4.06. The lowest BCUT2D eigenvalue weighted by Crippen LogP contribution is -2.25. The number of hydrogen-bond acceptors (Lipinski definition) is 3. The smallest absolute Gasteiger partial charge is 0.390 e. The number of hydrogen-bond donors (Lipinski definition) is 1. The lowest BCUT2D eigenvalue weighted by atomic mass is 10.2. The Balaban J connectivity index is 2.83. The molecule has 0 fully saturated rings. The number of aromatic carboxylic acids is 1. The Kier molecular flexibility index (Phi) is 4.39. The molecule has 100 valence electrons. The average Bonchev–Trinajstić information content (AvgIpc) is 2.25. The summed E-state index contributed by atoms with van der Waals surface area (Å²) in [7, 11) is 1.40. The van der Waals surface area contributed by atoms with Crippen molar-refractivity contribution in [3.63, 3.8) is 0 Å². The number of halogens is 4. The van der Waals surface area contributed by atoms with E-state index in [1.54, 1.807) is 0 Å². The summed E-state index contributed by atoms with van der Waals surface area (Å²) in [5.41, 5.74) is -0.194. The van der Waals surface area contributed by atoms with Crippen molar-refractivity contribution in [2.24, 2.45) is 0 Å². The number of carboxylic acid groups (broad SMARTS) is 1. The fourth-order valence-corrected chi connectivity index (χ4v) is 1.39. The van der Waals surface area contributed by atoms with Crippen LogP contribution < -0.4 is 4.90 Å². The van der Waals surface area contributed by atoms with Gasteiger partial charge >= 0.3 is 12.1 Å². The number of carbonyl (C=O) groups is 1. The summed E-state index contributed by atoms with van der Waals surface area (Å²) in [6.07, 6.45) is -4.17. The molecule has 1 rings (SSSR count). The van der Waals surface area contributed by atoms with Gasteiger partial charge in [-0.1, -0.05) is 11.6 Å². The maximum atomic E-state index is 12.0. The Hall–Kier alpha value is -1.50. The van der Waals surface area contributed by atoms with Gasteiger partial charge in [0.25, 0.3) is 0 Å². The molecule has 4 nitrogen and oxygen atoms in total. The zero-order valence-electron chi connectivity index (χ0n) is 9.33. The van der Waals surface area contributed by atoms with Crippen LogP contribution in [0.5, 0.6) is 0 Å². The molecule has 0 saturated heterocycles. The highest BCUT2D eigenvalue weighted by atomic mass is 35.5. The van der Waals surface area contributed by atoms with Crippen molar-refractivity contribution in [2.75, 3.05) is 18.5 Å². The van der Waals surface area contributed by atoms with Crippen molar-refractivity contribution < 1.29 is 23.1 Å². The Bertz CT molecular complexity index is 451. The zero-order chi connectivity index (χ0) is 13.9. The molecule has 0 aliphatic rings. The zero-order valence-corrected chi connectivity index (χ0v) is 10.1. The second-order valence-corrected chi connectivity index (χ2v) is 4.02. The van der Waals surface area contributed by atoms with Crippen molar-refractivity contribution in [1.29, 1.82) is 0 Å². The van der Waals surface area contributed by atoms with E-state index in [0.29, 0.717) is 0 Å². The van der Waals surface area contributed by atoms with Gasteiger partial charge in [-0.2, -0.15) is 13.2 Å². The molecule has 0 aliphatic carbocycles. The van der Waals surface area contributed by atoms with Crippen molar-refractivity contribution in [3.05, 3.63) is 22.8 Å². The van der Waals surface area contributed by atoms with E-state index >= 15 is 0 Å². The minimum Gasteiger partial charge on any atom is -0.478 e. The molecule has 0 amide bonds. The molecule has 0 aliphatic heterocycles. The largest absolute Gasteiger partial charge is 0.478 e. The second kappa shape index (κ2) is 5.43. The molecule has 0 atom stereocenters. The molecule has 0 spiro atoms. The first-order chi connectivity index (χ1) is 8.20. The van der Waals surface area contributed by atoms with Gasteiger partial charge in [-0.05, 0) is 6.07 Å². The summed E-state index contributed by atoms with van der Waals surface area (Å²) in [6.45, 7) is -0.308. The van der Waals surface area contributed by atoms with Crippen molar-refractivity contribution >= 4 is 23.4 Å². The third-order valence-electron chi connectivity index (χ3n) is 2.19. The summed E-state index contributed by atoms with van der Waals surface area (Å²) >= 11 is 5.60. The summed E-state index contributed by atoms with van der Waals surface area (Å²) in [5.74, 6) is -1.13. The Labute approximate surface area is 106 Å². The van der Waals surface area contributed by atoms with E-state index in [1.165, 1.54) is 11.9 Å². The van der Waals surface area contributed by atoms with Gasteiger partial charge in [0.1, 0.15) is 5.82 Å². The first-order valence-electron chi connectivity index (χ1n) is 4.87. The molecule has 18 heavy (non-hydrogen) atoms. The van der Waals surface area contributed by atoms with E-state index in [0.717, 1.165) is 12.3 Å². The van der Waals surface area contributed by atoms with Gasteiger partial charge in [0.15, 0.2) is 0 Å². The van der Waals surface area contributed by atoms with Crippen LogP contribution in [0.25, 0.3) is 0 Å². The van der Waals surface area contributed by atoms with Crippen LogP contribution in [0.2, 0.25) is 5.02 Å². The SMILES string of the molecule is CN(CCC(F)(F)F)c1cc(C(=O)O)c(Cl)cn1. The minimum atomic E-state index is -4.27.